The highest BCUT2D eigenvalue weighted by molar-refractivity contribution is 7.89. The molecule has 2 heterocycles. The lowest BCUT2D eigenvalue weighted by Gasteiger charge is -2.37. The maximum absolute atomic E-state index is 13.1. The molecule has 2 aromatic rings. The number of amides is 2. The predicted molar refractivity (Wildman–Crippen MR) is 120 cm³/mol. The maximum atomic E-state index is 13.1. The van der Waals surface area contributed by atoms with E-state index in [4.69, 9.17) is 0 Å². The molecule has 2 aliphatic rings. The Morgan fingerprint density at radius 1 is 1.03 bits per heavy atom. The summed E-state index contributed by atoms with van der Waals surface area (Å²) in [6.07, 6.45) is 0. The van der Waals surface area contributed by atoms with E-state index >= 15 is 0 Å². The van der Waals surface area contributed by atoms with Crippen LogP contribution in [0.25, 0.3) is 5.70 Å². The number of nitro groups is 1. The highest BCUT2D eigenvalue weighted by Gasteiger charge is 2.39. The first-order chi connectivity index (χ1) is 15.6. The number of sulfonamides is 1. The molecule has 0 radical (unpaired) electrons. The van der Waals surface area contributed by atoms with Crippen LogP contribution in [-0.4, -0.2) is 71.5 Å². The zero-order valence-corrected chi connectivity index (χ0v) is 18.7. The Hall–Kier alpha value is -3.57. The van der Waals surface area contributed by atoms with Crippen molar-refractivity contribution in [1.29, 1.82) is 0 Å². The van der Waals surface area contributed by atoms with Gasteiger partial charge in [0.15, 0.2) is 0 Å². The third-order valence-corrected chi connectivity index (χ3v) is 7.87. The summed E-state index contributed by atoms with van der Waals surface area (Å²) in [5, 5.41) is 10.8. The van der Waals surface area contributed by atoms with E-state index in [0.29, 0.717) is 16.8 Å². The number of rotatable bonds is 5. The van der Waals surface area contributed by atoms with Gasteiger partial charge in [-0.25, -0.2) is 8.42 Å². The normalized spacial score (nSPS) is 17.7. The Morgan fingerprint density at radius 2 is 1.61 bits per heavy atom. The minimum Gasteiger partial charge on any atom is -0.338 e. The van der Waals surface area contributed by atoms with Gasteiger partial charge in [0, 0.05) is 55.1 Å². The van der Waals surface area contributed by atoms with Crippen molar-refractivity contribution in [2.45, 2.75) is 17.9 Å². The third kappa shape index (κ3) is 3.89. The molecule has 1 fully saturated rings. The molecule has 33 heavy (non-hydrogen) atoms. The largest absolute Gasteiger partial charge is 0.338 e. The molecule has 1 atom stereocenters. The van der Waals surface area contributed by atoms with Crippen molar-refractivity contribution in [3.63, 3.8) is 0 Å². The van der Waals surface area contributed by atoms with E-state index in [9.17, 15) is 28.1 Å². The van der Waals surface area contributed by atoms with E-state index in [0.717, 1.165) is 12.1 Å². The Labute approximate surface area is 190 Å². The Bertz CT molecular complexity index is 1210. The summed E-state index contributed by atoms with van der Waals surface area (Å²) in [5.41, 5.74) is 1.47. The molecule has 1 saturated heterocycles. The van der Waals surface area contributed by atoms with Crippen LogP contribution >= 0.6 is 0 Å². The average Bonchev–Trinajstić information content (AvgIpc) is 3.08. The number of benzene rings is 2. The number of carbonyl (C=O) groups excluding carboxylic acids is 2. The Morgan fingerprint density at radius 3 is 2.15 bits per heavy atom. The zero-order chi connectivity index (χ0) is 23.9. The number of hydrogen-bond donors (Lipinski definition) is 0. The average molecular weight is 471 g/mol. The van der Waals surface area contributed by atoms with Gasteiger partial charge in [-0.3, -0.25) is 24.6 Å². The van der Waals surface area contributed by atoms with Gasteiger partial charge >= 0.3 is 0 Å². The summed E-state index contributed by atoms with van der Waals surface area (Å²) in [5.74, 6) is -0.569. The van der Waals surface area contributed by atoms with Crippen LogP contribution in [0.1, 0.15) is 22.8 Å². The lowest BCUT2D eigenvalue weighted by atomic mass is 10.1. The predicted octanol–water partition coefficient (Wildman–Crippen LogP) is 1.94. The second-order valence-electron chi connectivity index (χ2n) is 7.82. The summed E-state index contributed by atoms with van der Waals surface area (Å²) in [4.78, 5) is 39.0. The molecule has 11 heteroatoms. The van der Waals surface area contributed by atoms with Gasteiger partial charge in [-0.1, -0.05) is 24.8 Å². The van der Waals surface area contributed by atoms with Gasteiger partial charge in [-0.05, 0) is 25.1 Å². The molecule has 0 aliphatic carbocycles. The number of piperazine rings is 1. The number of fused-ring (bicyclic) bond motifs is 1. The van der Waals surface area contributed by atoms with Crippen LogP contribution in [0.15, 0.2) is 60.0 Å². The zero-order valence-electron chi connectivity index (χ0n) is 17.9. The van der Waals surface area contributed by atoms with Gasteiger partial charge in [-0.2, -0.15) is 4.31 Å². The van der Waals surface area contributed by atoms with E-state index in [2.05, 4.69) is 6.58 Å². The second-order valence-corrected chi connectivity index (χ2v) is 9.76. The van der Waals surface area contributed by atoms with E-state index < -0.39 is 21.0 Å². The first kappa shape index (κ1) is 22.6. The standard InChI is InChI=1S/C22H22N4O6S/c1-15-19-5-3-4-6-20(19)22(28)25(15)16(2)21(27)23-11-13-24(14-12-23)33(31,32)18-9-7-17(8-10-18)26(29)30/h3-10,16H,1,11-14H2,2H3. The maximum Gasteiger partial charge on any atom is 0.269 e. The number of hydrogen-bond acceptors (Lipinski definition) is 6. The molecule has 2 aromatic carbocycles. The monoisotopic (exact) mass is 470 g/mol. The molecule has 2 amide bonds. The van der Waals surface area contributed by atoms with Crippen molar-refractivity contribution in [3.8, 4) is 0 Å². The van der Waals surface area contributed by atoms with Crippen LogP contribution in [0.2, 0.25) is 0 Å². The van der Waals surface area contributed by atoms with Crippen molar-refractivity contribution < 1.29 is 22.9 Å². The lowest BCUT2D eigenvalue weighted by Crippen LogP contribution is -2.55. The van der Waals surface area contributed by atoms with Gasteiger partial charge in [0.2, 0.25) is 15.9 Å². The molecule has 4 rings (SSSR count). The van der Waals surface area contributed by atoms with Gasteiger partial charge < -0.3 is 4.90 Å². The number of nitrogens with zero attached hydrogens (tertiary/aromatic N) is 4. The molecule has 1 unspecified atom stereocenters. The van der Waals surface area contributed by atoms with Gasteiger partial charge in [-0.15, -0.1) is 0 Å². The third-order valence-electron chi connectivity index (χ3n) is 5.96. The minimum absolute atomic E-state index is 0.0435. The molecule has 172 valence electrons. The lowest BCUT2D eigenvalue weighted by molar-refractivity contribution is -0.384. The molecule has 0 saturated carbocycles. The van der Waals surface area contributed by atoms with Crippen LogP contribution < -0.4 is 0 Å². The minimum atomic E-state index is -3.85. The van der Waals surface area contributed by atoms with Gasteiger partial charge in [0.05, 0.1) is 9.82 Å². The highest BCUT2D eigenvalue weighted by Crippen LogP contribution is 2.33. The van der Waals surface area contributed by atoms with Crippen LogP contribution in [0.4, 0.5) is 5.69 Å². The fourth-order valence-electron chi connectivity index (χ4n) is 4.13. The van der Waals surface area contributed by atoms with Crippen LogP contribution in [-0.2, 0) is 14.8 Å². The van der Waals surface area contributed by atoms with Gasteiger partial charge in [0.25, 0.3) is 11.6 Å². The molecule has 0 N–H and O–H groups in total. The fraction of sp³-hybridized carbons (Fsp3) is 0.273. The quantitative estimate of drug-likeness (QED) is 0.486. The molecular formula is C22H22N4O6S. The summed E-state index contributed by atoms with van der Waals surface area (Å²) in [7, 11) is -3.85. The SMILES string of the molecule is C=C1c2ccccc2C(=O)N1C(C)C(=O)N1CCN(S(=O)(=O)c2ccc([N+](=O)[O-])cc2)CC1. The van der Waals surface area contributed by atoms with Crippen LogP contribution in [0, 0.1) is 10.1 Å². The Kier molecular flexibility index (Phi) is 5.76. The number of non-ortho nitro benzene ring substituents is 1. The van der Waals surface area contributed by atoms with Crippen molar-refractivity contribution in [3.05, 3.63) is 76.4 Å². The topological polar surface area (TPSA) is 121 Å². The van der Waals surface area contributed by atoms with Gasteiger partial charge in [0.1, 0.15) is 6.04 Å². The summed E-state index contributed by atoms with van der Waals surface area (Å²) in [6.45, 7) is 6.09. The summed E-state index contributed by atoms with van der Waals surface area (Å²) >= 11 is 0. The summed E-state index contributed by atoms with van der Waals surface area (Å²) in [6, 6.07) is 11.0. The number of carbonyl (C=O) groups is 2. The van der Waals surface area contributed by atoms with E-state index in [-0.39, 0.29) is 48.6 Å². The number of nitro benzene ring substituents is 1. The Balaban J connectivity index is 1.42. The molecular weight excluding hydrogens is 448 g/mol. The van der Waals surface area contributed by atoms with Crippen molar-refractivity contribution in [2.75, 3.05) is 26.2 Å². The first-order valence-electron chi connectivity index (χ1n) is 10.3. The van der Waals surface area contributed by atoms with E-state index in [1.165, 1.54) is 26.2 Å². The molecule has 0 bridgehead atoms. The van der Waals surface area contributed by atoms with Crippen molar-refractivity contribution in [2.24, 2.45) is 0 Å². The first-order valence-corrected chi connectivity index (χ1v) is 11.7. The van der Waals surface area contributed by atoms with Crippen LogP contribution in [0.3, 0.4) is 0 Å². The van der Waals surface area contributed by atoms with Crippen LogP contribution in [0.5, 0.6) is 0 Å². The highest BCUT2D eigenvalue weighted by atomic mass is 32.2. The molecule has 10 nitrogen and oxygen atoms in total. The summed E-state index contributed by atoms with van der Waals surface area (Å²) < 4.78 is 27.0. The van der Waals surface area contributed by atoms with Crippen molar-refractivity contribution >= 4 is 33.2 Å². The molecule has 2 aliphatic heterocycles. The fourth-order valence-corrected chi connectivity index (χ4v) is 5.55. The molecule has 0 spiro atoms. The second kappa shape index (κ2) is 8.41. The van der Waals surface area contributed by atoms with E-state index in [1.54, 1.807) is 31.2 Å². The van der Waals surface area contributed by atoms with E-state index in [1.807, 2.05) is 0 Å². The molecule has 0 aromatic heterocycles. The van der Waals surface area contributed by atoms with Crippen molar-refractivity contribution in [1.82, 2.24) is 14.1 Å². The smallest absolute Gasteiger partial charge is 0.269 e.